The van der Waals surface area contributed by atoms with Gasteiger partial charge in [-0.05, 0) is 35.3 Å². The lowest BCUT2D eigenvalue weighted by Crippen LogP contribution is -1.99. The van der Waals surface area contributed by atoms with Crippen molar-refractivity contribution in [3.05, 3.63) is 126 Å². The second-order valence-electron chi connectivity index (χ2n) is 7.96. The first kappa shape index (κ1) is 26.5. The summed E-state index contributed by atoms with van der Waals surface area (Å²) in [6, 6.07) is 3.59. The molecule has 0 fully saturated rings. The summed E-state index contributed by atoms with van der Waals surface area (Å²) in [6.07, 6.45) is 10.1. The van der Waals surface area contributed by atoms with Crippen molar-refractivity contribution in [1.29, 1.82) is 0 Å². The maximum absolute atomic E-state index is 11.8. The van der Waals surface area contributed by atoms with E-state index in [2.05, 4.69) is 0 Å². The van der Waals surface area contributed by atoms with E-state index in [9.17, 15) is 40.5 Å². The fourth-order valence-electron chi connectivity index (χ4n) is 3.95. The van der Waals surface area contributed by atoms with Gasteiger partial charge in [-0.3, -0.25) is 40.5 Å². The molecule has 0 bridgehead atoms. The highest BCUT2D eigenvalue weighted by atomic mass is 32.2. The first-order chi connectivity index (χ1) is 18.0. The van der Waals surface area contributed by atoms with Crippen LogP contribution in [-0.2, 0) is 0 Å². The Hall–Kier alpha value is -4.56. The van der Waals surface area contributed by atoms with Gasteiger partial charge in [-0.25, -0.2) is 0 Å². The van der Waals surface area contributed by atoms with Crippen LogP contribution in [-0.4, -0.2) is 19.7 Å². The molecule has 192 valence electrons. The van der Waals surface area contributed by atoms with E-state index in [1.807, 2.05) is 19.9 Å². The van der Waals surface area contributed by atoms with Crippen LogP contribution in [0.2, 0.25) is 0 Å². The van der Waals surface area contributed by atoms with Crippen molar-refractivity contribution >= 4 is 51.8 Å². The third kappa shape index (κ3) is 4.99. The van der Waals surface area contributed by atoms with Gasteiger partial charge in [0.2, 0.25) is 0 Å². The standard InChI is InChI=1S/C24H16N4O8S2/c1-13-14(2)38-22(37-13)8-6-4-3-5-7-17-18-9-15(25(29)30)11-20(27(33)34)23(18)24-19(17)10-16(26(31)32)12-21(24)28(35)36/h3-12H,1-2H3/b5-3+,6-4+. The summed E-state index contributed by atoms with van der Waals surface area (Å²) in [5.41, 5.74) is -2.87. The molecule has 38 heavy (non-hydrogen) atoms. The Morgan fingerprint density at radius 3 is 1.42 bits per heavy atom. The van der Waals surface area contributed by atoms with E-state index in [-0.39, 0.29) is 27.8 Å². The summed E-state index contributed by atoms with van der Waals surface area (Å²) in [5.74, 6) is 0. The van der Waals surface area contributed by atoms with Crippen LogP contribution in [0.5, 0.6) is 0 Å². The minimum absolute atomic E-state index is 0.00368. The number of benzene rings is 2. The van der Waals surface area contributed by atoms with Gasteiger partial charge in [0.05, 0.1) is 43.0 Å². The number of nitrogens with zero attached hydrogens (tertiary/aromatic N) is 4. The fourth-order valence-corrected chi connectivity index (χ4v) is 6.30. The molecule has 0 aromatic heterocycles. The largest absolute Gasteiger partial charge is 0.284 e. The topological polar surface area (TPSA) is 173 Å². The molecule has 2 aromatic carbocycles. The zero-order chi connectivity index (χ0) is 27.7. The normalized spacial score (nSPS) is 14.3. The number of thioether (sulfide) groups is 2. The van der Waals surface area contributed by atoms with Crippen molar-refractivity contribution in [1.82, 2.24) is 0 Å². The van der Waals surface area contributed by atoms with Gasteiger partial charge in [0, 0.05) is 27.5 Å². The highest BCUT2D eigenvalue weighted by Gasteiger charge is 2.40. The van der Waals surface area contributed by atoms with E-state index < -0.39 is 42.4 Å². The predicted octanol–water partition coefficient (Wildman–Crippen LogP) is 7.42. The van der Waals surface area contributed by atoms with Gasteiger partial charge in [0.25, 0.3) is 22.7 Å². The van der Waals surface area contributed by atoms with Gasteiger partial charge in [-0.1, -0.05) is 53.9 Å². The number of allylic oxidation sites excluding steroid dienone is 8. The molecule has 0 spiro atoms. The fraction of sp³-hybridized carbons (Fsp3) is 0.0833. The lowest BCUT2D eigenvalue weighted by atomic mass is 10.0. The summed E-state index contributed by atoms with van der Waals surface area (Å²) in [4.78, 5) is 45.7. The molecule has 1 aliphatic heterocycles. The van der Waals surface area contributed by atoms with Gasteiger partial charge in [0.15, 0.2) is 0 Å². The average Bonchev–Trinajstić information content (AvgIpc) is 3.35. The minimum Gasteiger partial charge on any atom is -0.258 e. The van der Waals surface area contributed by atoms with Gasteiger partial charge in [-0.2, -0.15) is 0 Å². The molecular weight excluding hydrogens is 536 g/mol. The smallest absolute Gasteiger partial charge is 0.258 e. The number of fused-ring (bicyclic) bond motifs is 3. The molecular formula is C24H16N4O8S2. The molecule has 0 atom stereocenters. The predicted molar refractivity (Wildman–Crippen MR) is 145 cm³/mol. The Kier molecular flexibility index (Phi) is 7.28. The maximum Gasteiger partial charge on any atom is 0.284 e. The molecule has 4 rings (SSSR count). The van der Waals surface area contributed by atoms with Crippen LogP contribution in [0.3, 0.4) is 0 Å². The molecule has 0 saturated carbocycles. The summed E-state index contributed by atoms with van der Waals surface area (Å²) in [5, 5.41) is 46.7. The number of hydrogen-bond acceptors (Lipinski definition) is 10. The second-order valence-corrected chi connectivity index (χ2v) is 10.7. The van der Waals surface area contributed by atoms with Crippen molar-refractivity contribution in [3.63, 3.8) is 0 Å². The van der Waals surface area contributed by atoms with Crippen molar-refractivity contribution in [2.24, 2.45) is 0 Å². The SMILES string of the molecule is CC1=C(C)SC(=C/C=C/C=C/C=C2c3cc([N+](=O)[O-])cc([N+](=O)[O-])c3-c3c2cc([N+](=O)[O-])cc3[N+](=O)[O-])S1. The summed E-state index contributed by atoms with van der Waals surface area (Å²) in [6.45, 7) is 4.06. The van der Waals surface area contributed by atoms with Crippen molar-refractivity contribution in [2.45, 2.75) is 13.8 Å². The van der Waals surface area contributed by atoms with E-state index in [1.54, 1.807) is 47.8 Å². The molecule has 0 unspecified atom stereocenters. The lowest BCUT2D eigenvalue weighted by molar-refractivity contribution is -0.395. The molecule has 1 heterocycles. The van der Waals surface area contributed by atoms with Crippen LogP contribution in [0, 0.1) is 40.5 Å². The molecule has 1 aliphatic carbocycles. The highest BCUT2D eigenvalue weighted by molar-refractivity contribution is 8.28. The third-order valence-electron chi connectivity index (χ3n) is 5.68. The van der Waals surface area contributed by atoms with E-state index in [1.165, 1.54) is 15.9 Å². The monoisotopic (exact) mass is 552 g/mol. The maximum atomic E-state index is 11.8. The average molecular weight is 553 g/mol. The molecule has 0 N–H and O–H groups in total. The van der Waals surface area contributed by atoms with Gasteiger partial charge in [0.1, 0.15) is 0 Å². The molecule has 14 heteroatoms. The summed E-state index contributed by atoms with van der Waals surface area (Å²) < 4.78 is 1.10. The molecule has 12 nitrogen and oxygen atoms in total. The van der Waals surface area contributed by atoms with E-state index in [0.717, 1.165) is 28.5 Å². The molecule has 0 amide bonds. The summed E-state index contributed by atoms with van der Waals surface area (Å²) in [7, 11) is 0. The second kappa shape index (κ2) is 10.4. The van der Waals surface area contributed by atoms with Gasteiger partial charge < -0.3 is 0 Å². The number of nitro groups is 4. The van der Waals surface area contributed by atoms with Gasteiger partial charge >= 0.3 is 0 Å². The molecule has 0 saturated heterocycles. The Morgan fingerprint density at radius 1 is 0.605 bits per heavy atom. The third-order valence-corrected chi connectivity index (χ3v) is 8.21. The first-order valence-electron chi connectivity index (χ1n) is 10.7. The highest BCUT2D eigenvalue weighted by Crippen LogP contribution is 2.54. The zero-order valence-electron chi connectivity index (χ0n) is 19.6. The number of rotatable bonds is 7. The molecule has 0 radical (unpaired) electrons. The van der Waals surface area contributed by atoms with E-state index in [0.29, 0.717) is 0 Å². The van der Waals surface area contributed by atoms with Crippen LogP contribution < -0.4 is 0 Å². The van der Waals surface area contributed by atoms with Crippen LogP contribution in [0.4, 0.5) is 22.7 Å². The lowest BCUT2D eigenvalue weighted by Gasteiger charge is -2.04. The Balaban J connectivity index is 1.87. The minimum atomic E-state index is -0.868. The van der Waals surface area contributed by atoms with Gasteiger partial charge in [-0.15, -0.1) is 0 Å². The van der Waals surface area contributed by atoms with Crippen molar-refractivity contribution in [2.75, 3.05) is 0 Å². The summed E-state index contributed by atoms with van der Waals surface area (Å²) >= 11 is 3.31. The van der Waals surface area contributed by atoms with E-state index in [4.69, 9.17) is 0 Å². The Bertz CT molecular complexity index is 1510. The molecule has 2 aliphatic rings. The first-order valence-corrected chi connectivity index (χ1v) is 12.4. The van der Waals surface area contributed by atoms with E-state index >= 15 is 0 Å². The number of hydrogen-bond donors (Lipinski definition) is 0. The number of nitro benzene ring substituents is 4. The zero-order valence-corrected chi connectivity index (χ0v) is 21.3. The van der Waals surface area contributed by atoms with Crippen LogP contribution in [0.25, 0.3) is 16.7 Å². The van der Waals surface area contributed by atoms with Crippen LogP contribution in [0.15, 0.2) is 74.8 Å². The van der Waals surface area contributed by atoms with Crippen LogP contribution >= 0.6 is 23.5 Å². The Labute approximate surface area is 222 Å². The molecule has 2 aromatic rings. The van der Waals surface area contributed by atoms with Crippen LogP contribution in [0.1, 0.15) is 25.0 Å². The van der Waals surface area contributed by atoms with Crippen molar-refractivity contribution in [3.8, 4) is 11.1 Å². The Morgan fingerprint density at radius 2 is 1.03 bits per heavy atom. The van der Waals surface area contributed by atoms with Crippen molar-refractivity contribution < 1.29 is 19.7 Å². The number of non-ortho nitro benzene ring substituents is 2. The quantitative estimate of drug-likeness (QED) is 0.163.